The molecule has 0 atom stereocenters. The lowest BCUT2D eigenvalue weighted by atomic mass is 9.85. The highest BCUT2D eigenvalue weighted by Crippen LogP contribution is 2.36. The summed E-state index contributed by atoms with van der Waals surface area (Å²) in [5.41, 5.74) is 3.22. The number of pyridine rings is 1. The van der Waals surface area contributed by atoms with Crippen LogP contribution in [0.15, 0.2) is 67.0 Å². The highest BCUT2D eigenvalue weighted by molar-refractivity contribution is 5.93. The number of anilines is 1. The van der Waals surface area contributed by atoms with E-state index < -0.39 is 5.54 Å². The Balaban J connectivity index is 1.28. The van der Waals surface area contributed by atoms with Crippen molar-refractivity contribution in [3.8, 4) is 11.1 Å². The number of likely N-dealkylation sites (tertiary alicyclic amines) is 1. The molecule has 5 rings (SSSR count). The number of amides is 1. The monoisotopic (exact) mass is 434 g/mol. The van der Waals surface area contributed by atoms with Gasteiger partial charge in [-0.3, -0.25) is 14.7 Å². The van der Waals surface area contributed by atoms with Gasteiger partial charge in [-0.1, -0.05) is 12.1 Å². The summed E-state index contributed by atoms with van der Waals surface area (Å²) >= 11 is 0. The van der Waals surface area contributed by atoms with Gasteiger partial charge in [0.2, 0.25) is 5.91 Å². The second kappa shape index (κ2) is 8.31. The second-order valence-electron chi connectivity index (χ2n) is 8.46. The number of carbonyl (C=O) groups is 1. The van der Waals surface area contributed by atoms with Gasteiger partial charge >= 0.3 is 0 Å². The molecule has 1 N–H and O–H groups in total. The number of halogens is 2. The SMILES string of the molecule is O=C1NCN(c2ccc(F)cc2)C12CCN(Cc1cncc(-c3ccc(F)cc3)c1)CC2. The molecule has 0 bridgehead atoms. The molecular formula is C25H24F2N4O. The maximum Gasteiger partial charge on any atom is 0.247 e. The van der Waals surface area contributed by atoms with Crippen molar-refractivity contribution in [3.05, 3.63) is 84.2 Å². The number of aromatic nitrogens is 1. The van der Waals surface area contributed by atoms with E-state index in [1.54, 1.807) is 30.5 Å². The van der Waals surface area contributed by atoms with Gasteiger partial charge in [0.25, 0.3) is 0 Å². The lowest BCUT2D eigenvalue weighted by molar-refractivity contribution is -0.125. The molecule has 164 valence electrons. The highest BCUT2D eigenvalue weighted by atomic mass is 19.1. The van der Waals surface area contributed by atoms with Crippen molar-refractivity contribution in [2.45, 2.75) is 24.9 Å². The van der Waals surface area contributed by atoms with Crippen LogP contribution in [0.4, 0.5) is 14.5 Å². The molecule has 5 nitrogen and oxygen atoms in total. The van der Waals surface area contributed by atoms with Crippen molar-refractivity contribution in [3.63, 3.8) is 0 Å². The number of rotatable bonds is 4. The van der Waals surface area contributed by atoms with Crippen LogP contribution in [0.3, 0.4) is 0 Å². The fourth-order valence-corrected chi connectivity index (χ4v) is 4.76. The summed E-state index contributed by atoms with van der Waals surface area (Å²) in [6.45, 7) is 2.71. The summed E-state index contributed by atoms with van der Waals surface area (Å²) in [4.78, 5) is 21.6. The third-order valence-electron chi connectivity index (χ3n) is 6.54. The number of benzene rings is 2. The van der Waals surface area contributed by atoms with Gasteiger partial charge in [0, 0.05) is 43.3 Å². The second-order valence-corrected chi connectivity index (χ2v) is 8.46. The van der Waals surface area contributed by atoms with Crippen molar-refractivity contribution >= 4 is 11.6 Å². The van der Waals surface area contributed by atoms with Crippen molar-refractivity contribution in [1.29, 1.82) is 0 Å². The summed E-state index contributed by atoms with van der Waals surface area (Å²) in [5.74, 6) is -0.500. The molecular weight excluding hydrogens is 410 g/mol. The van der Waals surface area contributed by atoms with Crippen LogP contribution >= 0.6 is 0 Å². The summed E-state index contributed by atoms with van der Waals surface area (Å²) in [7, 11) is 0. The van der Waals surface area contributed by atoms with Crippen molar-refractivity contribution in [1.82, 2.24) is 15.2 Å². The maximum atomic E-state index is 13.4. The van der Waals surface area contributed by atoms with Crippen molar-refractivity contribution in [2.75, 3.05) is 24.7 Å². The third-order valence-corrected chi connectivity index (χ3v) is 6.54. The minimum atomic E-state index is -0.595. The maximum absolute atomic E-state index is 13.4. The van der Waals surface area contributed by atoms with E-state index in [0.717, 1.165) is 42.0 Å². The number of piperidine rings is 1. The van der Waals surface area contributed by atoms with Crippen LogP contribution in [0.25, 0.3) is 11.1 Å². The predicted octanol–water partition coefficient (Wildman–Crippen LogP) is 3.96. The first kappa shape index (κ1) is 20.6. The Morgan fingerprint density at radius 3 is 2.25 bits per heavy atom. The Morgan fingerprint density at radius 2 is 1.56 bits per heavy atom. The molecule has 32 heavy (non-hydrogen) atoms. The van der Waals surface area contributed by atoms with E-state index in [0.29, 0.717) is 19.5 Å². The molecule has 1 amide bonds. The van der Waals surface area contributed by atoms with E-state index in [1.807, 2.05) is 6.20 Å². The first-order valence-corrected chi connectivity index (χ1v) is 10.8. The van der Waals surface area contributed by atoms with E-state index in [4.69, 9.17) is 0 Å². The van der Waals surface area contributed by atoms with E-state index in [9.17, 15) is 13.6 Å². The van der Waals surface area contributed by atoms with E-state index in [2.05, 4.69) is 26.2 Å². The molecule has 7 heteroatoms. The average molecular weight is 434 g/mol. The van der Waals surface area contributed by atoms with Gasteiger partial charge in [0.15, 0.2) is 0 Å². The number of carbonyl (C=O) groups excluding carboxylic acids is 1. The van der Waals surface area contributed by atoms with E-state index >= 15 is 0 Å². The summed E-state index contributed by atoms with van der Waals surface area (Å²) in [6.07, 6.45) is 5.03. The molecule has 2 saturated heterocycles. The van der Waals surface area contributed by atoms with E-state index in [1.165, 1.54) is 24.3 Å². The molecule has 2 aliphatic heterocycles. The Morgan fingerprint density at radius 1 is 0.906 bits per heavy atom. The van der Waals surface area contributed by atoms with Crippen LogP contribution in [0.5, 0.6) is 0 Å². The van der Waals surface area contributed by atoms with Crippen LogP contribution in [0.1, 0.15) is 18.4 Å². The van der Waals surface area contributed by atoms with Crippen molar-refractivity contribution < 1.29 is 13.6 Å². The molecule has 0 saturated carbocycles. The zero-order valence-electron chi connectivity index (χ0n) is 17.6. The van der Waals surface area contributed by atoms with Crippen LogP contribution < -0.4 is 10.2 Å². The largest absolute Gasteiger partial charge is 0.339 e. The van der Waals surface area contributed by atoms with Gasteiger partial charge in [0.05, 0.1) is 6.67 Å². The summed E-state index contributed by atoms with van der Waals surface area (Å²) < 4.78 is 26.6. The zero-order valence-corrected chi connectivity index (χ0v) is 17.6. The average Bonchev–Trinajstić information content (AvgIpc) is 3.12. The van der Waals surface area contributed by atoms with Gasteiger partial charge in [-0.25, -0.2) is 8.78 Å². The highest BCUT2D eigenvalue weighted by Gasteiger charge is 2.50. The lowest BCUT2D eigenvalue weighted by Crippen LogP contribution is -2.56. The Kier molecular flexibility index (Phi) is 5.35. The zero-order chi connectivity index (χ0) is 22.1. The normalized spacial score (nSPS) is 18.2. The first-order valence-electron chi connectivity index (χ1n) is 10.8. The van der Waals surface area contributed by atoms with Crippen LogP contribution in [-0.4, -0.2) is 41.1 Å². The van der Waals surface area contributed by atoms with Gasteiger partial charge in [-0.2, -0.15) is 0 Å². The molecule has 2 fully saturated rings. The molecule has 0 unspecified atom stereocenters. The van der Waals surface area contributed by atoms with Crippen LogP contribution in [0.2, 0.25) is 0 Å². The fraction of sp³-hybridized carbons (Fsp3) is 0.280. The molecule has 1 aromatic heterocycles. The smallest absolute Gasteiger partial charge is 0.247 e. The lowest BCUT2D eigenvalue weighted by Gasteiger charge is -2.43. The first-order chi connectivity index (χ1) is 15.5. The molecule has 2 aliphatic rings. The minimum absolute atomic E-state index is 0.0430. The number of hydrogen-bond acceptors (Lipinski definition) is 4. The quantitative estimate of drug-likeness (QED) is 0.676. The van der Waals surface area contributed by atoms with Gasteiger partial charge < -0.3 is 10.2 Å². The summed E-state index contributed by atoms with van der Waals surface area (Å²) in [6, 6.07) is 14.8. The fourth-order valence-electron chi connectivity index (χ4n) is 4.76. The molecule has 3 heterocycles. The molecule has 3 aromatic rings. The Bertz CT molecular complexity index is 1110. The molecule has 0 aliphatic carbocycles. The van der Waals surface area contributed by atoms with Crippen LogP contribution in [0, 0.1) is 11.6 Å². The molecule has 2 aromatic carbocycles. The predicted molar refractivity (Wildman–Crippen MR) is 119 cm³/mol. The molecule has 1 spiro atoms. The number of nitrogens with zero attached hydrogens (tertiary/aromatic N) is 3. The van der Waals surface area contributed by atoms with Gasteiger partial charge in [0.1, 0.15) is 17.2 Å². The standard InChI is InChI=1S/C25H24F2N4O/c26-21-3-1-19(2-4-21)20-13-18(14-28-15-20)16-30-11-9-25(10-12-30)24(32)29-17-31(25)23-7-5-22(27)6-8-23/h1-8,13-15H,9-12,16-17H2,(H,29,32). The Labute approximate surface area is 185 Å². The van der Waals surface area contributed by atoms with Gasteiger partial charge in [-0.15, -0.1) is 0 Å². The molecule has 0 radical (unpaired) electrons. The number of nitrogens with one attached hydrogen (secondary N) is 1. The third kappa shape index (κ3) is 3.84. The topological polar surface area (TPSA) is 48.5 Å². The van der Waals surface area contributed by atoms with Crippen molar-refractivity contribution in [2.24, 2.45) is 0 Å². The van der Waals surface area contributed by atoms with Gasteiger partial charge in [-0.05, 0) is 66.4 Å². The summed E-state index contributed by atoms with van der Waals surface area (Å²) in [5, 5.41) is 2.98. The van der Waals surface area contributed by atoms with Crippen LogP contribution in [-0.2, 0) is 11.3 Å². The van der Waals surface area contributed by atoms with E-state index in [-0.39, 0.29) is 17.5 Å². The number of hydrogen-bond donors (Lipinski definition) is 1. The Hall–Kier alpha value is -3.32. The minimum Gasteiger partial charge on any atom is -0.339 e.